The van der Waals surface area contributed by atoms with E-state index in [9.17, 15) is 5.11 Å². The summed E-state index contributed by atoms with van der Waals surface area (Å²) in [6.07, 6.45) is 0. The highest BCUT2D eigenvalue weighted by molar-refractivity contribution is 9.10. The Morgan fingerprint density at radius 2 is 2.25 bits per heavy atom. The first-order valence-corrected chi connectivity index (χ1v) is 4.28. The molecule has 4 heteroatoms. The van der Waals surface area contributed by atoms with E-state index >= 15 is 0 Å². The molecule has 0 atom stereocenters. The molecule has 0 saturated carbocycles. The summed E-state index contributed by atoms with van der Waals surface area (Å²) < 4.78 is 11.0. The van der Waals surface area contributed by atoms with Crippen LogP contribution in [-0.4, -0.2) is 11.9 Å². The monoisotopic (exact) mass is 230 g/mol. The maximum absolute atomic E-state index is 9.43. The molecule has 0 fully saturated rings. The van der Waals surface area contributed by atoms with Gasteiger partial charge in [-0.15, -0.1) is 0 Å². The lowest BCUT2D eigenvalue weighted by atomic mass is 10.2. The molecule has 12 heavy (non-hydrogen) atoms. The number of hydrogen-bond acceptors (Lipinski definition) is 3. The van der Waals surface area contributed by atoms with E-state index in [-0.39, 0.29) is 12.5 Å². The molecule has 0 amide bonds. The van der Waals surface area contributed by atoms with E-state index in [1.54, 1.807) is 6.07 Å². The summed E-state index contributed by atoms with van der Waals surface area (Å²) in [4.78, 5) is 0. The molecule has 2 rings (SSSR count). The summed E-state index contributed by atoms with van der Waals surface area (Å²) >= 11 is 3.27. The van der Waals surface area contributed by atoms with Crippen molar-refractivity contribution >= 4 is 15.9 Å². The van der Waals surface area contributed by atoms with Crippen LogP contribution in [0, 0.1) is 0 Å². The maximum Gasteiger partial charge on any atom is 0.189 e. The van der Waals surface area contributed by atoms with Crippen molar-refractivity contribution in [1.29, 1.82) is 0 Å². The van der Waals surface area contributed by atoms with E-state index in [0.29, 0.717) is 12.4 Å². The lowest BCUT2D eigenvalue weighted by molar-refractivity contribution is -0.0180. The van der Waals surface area contributed by atoms with Crippen LogP contribution in [0.1, 0.15) is 5.56 Å². The van der Waals surface area contributed by atoms with Gasteiger partial charge in [0.15, 0.2) is 18.3 Å². The fourth-order valence-corrected chi connectivity index (χ4v) is 1.65. The summed E-state index contributed by atoms with van der Waals surface area (Å²) in [5.74, 6) is 0.687. The molecule has 1 heterocycles. The van der Waals surface area contributed by atoms with Crippen molar-refractivity contribution in [3.05, 3.63) is 22.2 Å². The van der Waals surface area contributed by atoms with E-state index in [1.807, 2.05) is 6.07 Å². The number of hydrogen-bond donors (Lipinski definition) is 1. The van der Waals surface area contributed by atoms with Gasteiger partial charge in [0.1, 0.15) is 0 Å². The standard InChI is InChI=1S/C8H7BrO3/c9-6-1-5-3-11-4-12-8(5)7(10)2-6/h1-2,10H,3-4H2. The van der Waals surface area contributed by atoms with Gasteiger partial charge in [-0.2, -0.15) is 0 Å². The van der Waals surface area contributed by atoms with Crippen LogP contribution in [0.4, 0.5) is 0 Å². The zero-order chi connectivity index (χ0) is 8.55. The SMILES string of the molecule is Oc1cc(Br)cc2c1OCOC2. The minimum atomic E-state index is 0.155. The predicted octanol–water partition coefficient (Wildman–Crippen LogP) is 2.02. The van der Waals surface area contributed by atoms with E-state index in [0.717, 1.165) is 10.0 Å². The van der Waals surface area contributed by atoms with Crippen molar-refractivity contribution in [3.8, 4) is 11.5 Å². The fraction of sp³-hybridized carbons (Fsp3) is 0.250. The average Bonchev–Trinajstić information content (AvgIpc) is 2.04. The van der Waals surface area contributed by atoms with Crippen molar-refractivity contribution in [2.24, 2.45) is 0 Å². The Hall–Kier alpha value is -0.740. The normalized spacial score (nSPS) is 15.1. The average molecular weight is 231 g/mol. The Morgan fingerprint density at radius 3 is 3.08 bits per heavy atom. The van der Waals surface area contributed by atoms with Crippen LogP contribution in [0.25, 0.3) is 0 Å². The van der Waals surface area contributed by atoms with Gasteiger partial charge in [-0.05, 0) is 12.1 Å². The molecular formula is C8H7BrO3. The number of phenols is 1. The predicted molar refractivity (Wildman–Crippen MR) is 46.1 cm³/mol. The maximum atomic E-state index is 9.43. The van der Waals surface area contributed by atoms with Crippen molar-refractivity contribution in [2.45, 2.75) is 6.61 Å². The highest BCUT2D eigenvalue weighted by Crippen LogP contribution is 2.36. The summed E-state index contributed by atoms with van der Waals surface area (Å²) in [6, 6.07) is 3.47. The molecule has 1 aliphatic rings. The topological polar surface area (TPSA) is 38.7 Å². The lowest BCUT2D eigenvalue weighted by Crippen LogP contribution is -2.11. The summed E-state index contributed by atoms with van der Waals surface area (Å²) in [6.45, 7) is 0.699. The van der Waals surface area contributed by atoms with Gasteiger partial charge in [-0.1, -0.05) is 15.9 Å². The molecule has 0 unspecified atom stereocenters. The number of ether oxygens (including phenoxy) is 2. The molecule has 1 aromatic carbocycles. The molecule has 0 radical (unpaired) electrons. The third kappa shape index (κ3) is 1.28. The summed E-state index contributed by atoms with van der Waals surface area (Å²) in [5.41, 5.74) is 0.869. The molecule has 0 aromatic heterocycles. The molecule has 0 spiro atoms. The molecule has 0 aliphatic carbocycles. The Morgan fingerprint density at radius 1 is 1.42 bits per heavy atom. The fourth-order valence-electron chi connectivity index (χ4n) is 1.16. The summed E-state index contributed by atoms with van der Waals surface area (Å²) in [5, 5.41) is 9.43. The largest absolute Gasteiger partial charge is 0.504 e. The second-order valence-electron chi connectivity index (χ2n) is 2.52. The first kappa shape index (κ1) is 7.89. The van der Waals surface area contributed by atoms with Gasteiger partial charge in [-0.25, -0.2) is 0 Å². The third-order valence-electron chi connectivity index (χ3n) is 1.66. The van der Waals surface area contributed by atoms with Crippen LogP contribution in [-0.2, 0) is 11.3 Å². The number of phenolic OH excluding ortho intramolecular Hbond substituents is 1. The minimum absolute atomic E-state index is 0.155. The molecule has 1 N–H and O–H groups in total. The number of fused-ring (bicyclic) bond motifs is 1. The van der Waals surface area contributed by atoms with Gasteiger partial charge >= 0.3 is 0 Å². The molecule has 64 valence electrons. The quantitative estimate of drug-likeness (QED) is 0.742. The summed E-state index contributed by atoms with van der Waals surface area (Å²) in [7, 11) is 0. The number of rotatable bonds is 0. The molecular weight excluding hydrogens is 224 g/mol. The van der Waals surface area contributed by atoms with Gasteiger partial charge in [0.2, 0.25) is 0 Å². The second-order valence-corrected chi connectivity index (χ2v) is 3.44. The van der Waals surface area contributed by atoms with Crippen LogP contribution in [0.3, 0.4) is 0 Å². The highest BCUT2D eigenvalue weighted by Gasteiger charge is 2.15. The zero-order valence-corrected chi connectivity index (χ0v) is 7.80. The molecule has 1 aliphatic heterocycles. The first-order valence-electron chi connectivity index (χ1n) is 3.49. The number of benzene rings is 1. The van der Waals surface area contributed by atoms with E-state index < -0.39 is 0 Å². The van der Waals surface area contributed by atoms with Gasteiger partial charge in [0.05, 0.1) is 6.61 Å². The van der Waals surface area contributed by atoms with Gasteiger partial charge in [0, 0.05) is 10.0 Å². The highest BCUT2D eigenvalue weighted by atomic mass is 79.9. The van der Waals surface area contributed by atoms with Crippen LogP contribution in [0.15, 0.2) is 16.6 Å². The molecule has 0 saturated heterocycles. The number of halogens is 1. The first-order chi connectivity index (χ1) is 5.77. The molecule has 3 nitrogen and oxygen atoms in total. The Labute approximate surface area is 78.0 Å². The van der Waals surface area contributed by atoms with Crippen LogP contribution in [0.2, 0.25) is 0 Å². The third-order valence-corrected chi connectivity index (χ3v) is 2.11. The van der Waals surface area contributed by atoms with Crippen LogP contribution < -0.4 is 4.74 Å². The van der Waals surface area contributed by atoms with Crippen LogP contribution >= 0.6 is 15.9 Å². The van der Waals surface area contributed by atoms with Crippen molar-refractivity contribution < 1.29 is 14.6 Å². The van der Waals surface area contributed by atoms with E-state index in [4.69, 9.17) is 9.47 Å². The van der Waals surface area contributed by atoms with Gasteiger partial charge < -0.3 is 14.6 Å². The van der Waals surface area contributed by atoms with E-state index in [1.165, 1.54) is 0 Å². The van der Waals surface area contributed by atoms with E-state index in [2.05, 4.69) is 15.9 Å². The zero-order valence-electron chi connectivity index (χ0n) is 6.21. The molecule has 1 aromatic rings. The minimum Gasteiger partial charge on any atom is -0.504 e. The second kappa shape index (κ2) is 2.95. The Kier molecular flexibility index (Phi) is 1.94. The lowest BCUT2D eigenvalue weighted by Gasteiger charge is -2.18. The van der Waals surface area contributed by atoms with Gasteiger partial charge in [0.25, 0.3) is 0 Å². The number of aromatic hydroxyl groups is 1. The Balaban J connectivity index is 2.53. The molecule has 0 bridgehead atoms. The Bertz CT molecular complexity index is 311. The smallest absolute Gasteiger partial charge is 0.189 e. The van der Waals surface area contributed by atoms with Crippen molar-refractivity contribution in [3.63, 3.8) is 0 Å². The van der Waals surface area contributed by atoms with Gasteiger partial charge in [-0.3, -0.25) is 0 Å². The van der Waals surface area contributed by atoms with Crippen molar-refractivity contribution in [1.82, 2.24) is 0 Å². The van der Waals surface area contributed by atoms with Crippen LogP contribution in [0.5, 0.6) is 11.5 Å². The van der Waals surface area contributed by atoms with Crippen molar-refractivity contribution in [2.75, 3.05) is 6.79 Å².